The van der Waals surface area contributed by atoms with Crippen LogP contribution in [0.2, 0.25) is 5.02 Å². The number of nitrogens with zero attached hydrogens (tertiary/aromatic N) is 2. The van der Waals surface area contributed by atoms with Crippen molar-refractivity contribution in [3.05, 3.63) is 58.6 Å². The zero-order valence-electron chi connectivity index (χ0n) is 16.9. The number of benzene rings is 2. The molecule has 2 amide bonds. The minimum Gasteiger partial charge on any atom is -0.326 e. The molecule has 1 N–H and O–H groups in total. The number of ketones is 1. The van der Waals surface area contributed by atoms with Gasteiger partial charge in [0.1, 0.15) is 5.25 Å². The van der Waals surface area contributed by atoms with Crippen molar-refractivity contribution >= 4 is 57.5 Å². The summed E-state index contributed by atoms with van der Waals surface area (Å²) >= 11 is 7.27. The highest BCUT2D eigenvalue weighted by atomic mass is 35.5. The number of thioether (sulfide) groups is 1. The highest BCUT2D eigenvalue weighted by molar-refractivity contribution is 8.15. The van der Waals surface area contributed by atoms with Crippen LogP contribution in [-0.2, 0) is 9.59 Å². The van der Waals surface area contributed by atoms with Gasteiger partial charge < -0.3 is 5.32 Å². The van der Waals surface area contributed by atoms with Gasteiger partial charge in [0.15, 0.2) is 11.0 Å². The molecule has 1 saturated heterocycles. The summed E-state index contributed by atoms with van der Waals surface area (Å²) < 4.78 is 0. The van der Waals surface area contributed by atoms with E-state index in [0.29, 0.717) is 33.7 Å². The maximum Gasteiger partial charge on any atom is 0.242 e. The standard InChI is InChI=1S/C22H22ClN3O3S/c1-4-26-21(29)19(12-20(28)25-18-11-16(23)9-8-13(18)2)30-22(26)24-17-7-5-6-15(10-17)14(3)27/h5-11,19H,4,12H2,1-3H3,(H,25,28)/t19-/m0/s1. The largest absolute Gasteiger partial charge is 0.326 e. The van der Waals surface area contributed by atoms with Crippen LogP contribution < -0.4 is 5.32 Å². The molecule has 0 saturated carbocycles. The lowest BCUT2D eigenvalue weighted by atomic mass is 10.1. The number of aliphatic imine (C=N–C) groups is 1. The van der Waals surface area contributed by atoms with E-state index in [2.05, 4.69) is 10.3 Å². The molecule has 156 valence electrons. The molecule has 1 aliphatic heterocycles. The second-order valence-corrected chi connectivity index (χ2v) is 8.51. The molecular formula is C22H22ClN3O3S. The average Bonchev–Trinajstić information content (AvgIpc) is 2.98. The number of amides is 2. The fourth-order valence-electron chi connectivity index (χ4n) is 3.02. The van der Waals surface area contributed by atoms with Crippen LogP contribution in [-0.4, -0.2) is 39.5 Å². The van der Waals surface area contributed by atoms with Gasteiger partial charge in [-0.25, -0.2) is 4.99 Å². The number of carbonyl (C=O) groups is 3. The third-order valence-electron chi connectivity index (χ3n) is 4.66. The number of nitrogens with one attached hydrogen (secondary N) is 1. The van der Waals surface area contributed by atoms with E-state index in [9.17, 15) is 14.4 Å². The Morgan fingerprint density at radius 3 is 2.70 bits per heavy atom. The Kier molecular flexibility index (Phi) is 6.95. The van der Waals surface area contributed by atoms with Crippen molar-refractivity contribution in [2.75, 3.05) is 11.9 Å². The second kappa shape index (κ2) is 9.45. The Labute approximate surface area is 184 Å². The number of Topliss-reactive ketones (excluding diaryl/α,β-unsaturated/α-hetero) is 1. The van der Waals surface area contributed by atoms with Crippen molar-refractivity contribution in [2.24, 2.45) is 4.99 Å². The van der Waals surface area contributed by atoms with Gasteiger partial charge in [0, 0.05) is 29.2 Å². The third-order valence-corrected chi connectivity index (χ3v) is 6.07. The van der Waals surface area contributed by atoms with Crippen molar-refractivity contribution in [1.29, 1.82) is 0 Å². The van der Waals surface area contributed by atoms with Gasteiger partial charge in [-0.2, -0.15) is 0 Å². The molecular weight excluding hydrogens is 422 g/mol. The highest BCUT2D eigenvalue weighted by Crippen LogP contribution is 2.32. The summed E-state index contributed by atoms with van der Waals surface area (Å²) in [5.41, 5.74) is 2.67. The quantitative estimate of drug-likeness (QED) is 0.648. The maximum atomic E-state index is 12.8. The van der Waals surface area contributed by atoms with E-state index in [1.807, 2.05) is 19.9 Å². The van der Waals surface area contributed by atoms with Gasteiger partial charge >= 0.3 is 0 Å². The monoisotopic (exact) mass is 443 g/mol. The van der Waals surface area contributed by atoms with E-state index in [-0.39, 0.29) is 24.0 Å². The van der Waals surface area contributed by atoms with Crippen LogP contribution in [0.1, 0.15) is 36.2 Å². The van der Waals surface area contributed by atoms with E-state index in [4.69, 9.17) is 11.6 Å². The topological polar surface area (TPSA) is 78.8 Å². The Balaban J connectivity index is 1.75. The van der Waals surface area contributed by atoms with Gasteiger partial charge in [0.25, 0.3) is 0 Å². The average molecular weight is 444 g/mol. The van der Waals surface area contributed by atoms with Crippen molar-refractivity contribution in [3.8, 4) is 0 Å². The molecule has 1 fully saturated rings. The second-order valence-electron chi connectivity index (χ2n) is 6.90. The number of hydrogen-bond donors (Lipinski definition) is 1. The van der Waals surface area contributed by atoms with Crippen LogP contribution in [0.25, 0.3) is 0 Å². The highest BCUT2D eigenvalue weighted by Gasteiger charge is 2.38. The molecule has 0 unspecified atom stereocenters. The first-order chi connectivity index (χ1) is 14.3. The first-order valence-corrected chi connectivity index (χ1v) is 10.8. The number of halogens is 1. The minimum atomic E-state index is -0.556. The molecule has 1 heterocycles. The first kappa shape index (κ1) is 22.1. The molecule has 30 heavy (non-hydrogen) atoms. The predicted molar refractivity (Wildman–Crippen MR) is 122 cm³/mol. The van der Waals surface area contributed by atoms with E-state index >= 15 is 0 Å². The van der Waals surface area contributed by atoms with Gasteiger partial charge in [0.05, 0.1) is 5.69 Å². The lowest BCUT2D eigenvalue weighted by molar-refractivity contribution is -0.128. The van der Waals surface area contributed by atoms with E-state index < -0.39 is 5.25 Å². The molecule has 6 nitrogen and oxygen atoms in total. The molecule has 2 aromatic rings. The van der Waals surface area contributed by atoms with E-state index in [1.165, 1.54) is 18.7 Å². The van der Waals surface area contributed by atoms with Crippen LogP contribution in [0.4, 0.5) is 11.4 Å². The summed E-state index contributed by atoms with van der Waals surface area (Å²) in [6.07, 6.45) is 0.0262. The number of rotatable bonds is 6. The normalized spacial score (nSPS) is 17.5. The third kappa shape index (κ3) is 5.09. The minimum absolute atomic E-state index is 0.0262. The molecule has 1 atom stereocenters. The van der Waals surface area contributed by atoms with Gasteiger partial charge in [-0.05, 0) is 50.6 Å². The van der Waals surface area contributed by atoms with Crippen LogP contribution in [0.3, 0.4) is 0 Å². The number of carbonyl (C=O) groups excluding carboxylic acids is 3. The summed E-state index contributed by atoms with van der Waals surface area (Å²) in [6.45, 7) is 5.68. The molecule has 0 bridgehead atoms. The molecule has 0 radical (unpaired) electrons. The van der Waals surface area contributed by atoms with Crippen molar-refractivity contribution in [2.45, 2.75) is 32.4 Å². The SMILES string of the molecule is CCN1C(=O)[C@H](CC(=O)Nc2cc(Cl)ccc2C)SC1=Nc1cccc(C(C)=O)c1. The lowest BCUT2D eigenvalue weighted by Gasteiger charge is -2.13. The number of hydrogen-bond acceptors (Lipinski definition) is 5. The summed E-state index contributed by atoms with van der Waals surface area (Å²) in [5.74, 6) is -0.463. The smallest absolute Gasteiger partial charge is 0.242 e. The van der Waals surface area contributed by atoms with Crippen LogP contribution in [0, 0.1) is 6.92 Å². The fraction of sp³-hybridized carbons (Fsp3) is 0.273. The van der Waals surface area contributed by atoms with Crippen LogP contribution in [0.5, 0.6) is 0 Å². The number of anilines is 1. The van der Waals surface area contributed by atoms with Gasteiger partial charge in [-0.1, -0.05) is 41.6 Å². The Bertz CT molecular complexity index is 1040. The maximum absolute atomic E-state index is 12.8. The first-order valence-electron chi connectivity index (χ1n) is 9.52. The molecule has 1 aliphatic rings. The molecule has 8 heteroatoms. The summed E-state index contributed by atoms with van der Waals surface area (Å²) in [7, 11) is 0. The molecule has 3 rings (SSSR count). The Morgan fingerprint density at radius 1 is 1.23 bits per heavy atom. The molecule has 0 aromatic heterocycles. The Morgan fingerprint density at radius 2 is 2.00 bits per heavy atom. The summed E-state index contributed by atoms with van der Waals surface area (Å²) in [4.78, 5) is 43.1. The lowest BCUT2D eigenvalue weighted by Crippen LogP contribution is -2.33. The van der Waals surface area contributed by atoms with Gasteiger partial charge in [-0.3, -0.25) is 19.3 Å². The Hall–Kier alpha value is -2.64. The van der Waals surface area contributed by atoms with Crippen molar-refractivity contribution in [3.63, 3.8) is 0 Å². The summed E-state index contributed by atoms with van der Waals surface area (Å²) in [5, 5.41) is 3.33. The predicted octanol–water partition coefficient (Wildman–Crippen LogP) is 4.83. The van der Waals surface area contributed by atoms with Crippen molar-refractivity contribution in [1.82, 2.24) is 4.90 Å². The summed E-state index contributed by atoms with van der Waals surface area (Å²) in [6, 6.07) is 12.2. The zero-order valence-corrected chi connectivity index (χ0v) is 18.5. The number of aryl methyl sites for hydroxylation is 1. The van der Waals surface area contributed by atoms with Crippen LogP contribution >= 0.6 is 23.4 Å². The molecule has 0 aliphatic carbocycles. The molecule has 0 spiro atoms. The van der Waals surface area contributed by atoms with Crippen molar-refractivity contribution < 1.29 is 14.4 Å². The van der Waals surface area contributed by atoms with E-state index in [0.717, 1.165) is 5.56 Å². The van der Waals surface area contributed by atoms with Crippen LogP contribution in [0.15, 0.2) is 47.5 Å². The van der Waals surface area contributed by atoms with E-state index in [1.54, 1.807) is 41.3 Å². The molecule has 2 aromatic carbocycles. The van der Waals surface area contributed by atoms with Gasteiger partial charge in [0.2, 0.25) is 11.8 Å². The zero-order chi connectivity index (χ0) is 21.8. The van der Waals surface area contributed by atoms with Gasteiger partial charge in [-0.15, -0.1) is 0 Å². The fourth-order valence-corrected chi connectivity index (χ4v) is 4.41. The number of amidine groups is 1.